The monoisotopic (exact) mass is 433 g/mol. The molecule has 2 saturated heterocycles. The lowest BCUT2D eigenvalue weighted by atomic mass is 9.87. The molecule has 2 aliphatic heterocycles. The molecule has 4 rings (SSSR count). The number of carbonyl (C=O) groups excluding carboxylic acids is 1. The third-order valence-electron chi connectivity index (χ3n) is 6.53. The van der Waals surface area contributed by atoms with Gasteiger partial charge in [-0.05, 0) is 55.8 Å². The standard InChI is InChI=1S/C27H35N3O2/c1-27(2,3)21-10-12-22(13-11-21)30-16-17-32-25(26(30)31)18-20-8-6-7-9-24(20)29-15-14-23(19-29)28(4)5/h6-13,18,23H,14-17,19H2,1-5H3/b25-18-. The van der Waals surface area contributed by atoms with Gasteiger partial charge in [-0.3, -0.25) is 4.79 Å². The lowest BCUT2D eigenvalue weighted by Gasteiger charge is -2.30. The van der Waals surface area contributed by atoms with Crippen LogP contribution in [0.2, 0.25) is 0 Å². The zero-order valence-corrected chi connectivity index (χ0v) is 20.0. The lowest BCUT2D eigenvalue weighted by molar-refractivity contribution is -0.120. The number of ether oxygens (including phenoxy) is 1. The van der Waals surface area contributed by atoms with E-state index in [9.17, 15) is 4.79 Å². The molecule has 0 radical (unpaired) electrons. The normalized spacial score (nSPS) is 20.9. The molecule has 1 atom stereocenters. The highest BCUT2D eigenvalue weighted by atomic mass is 16.5. The van der Waals surface area contributed by atoms with E-state index in [1.807, 2.05) is 29.2 Å². The van der Waals surface area contributed by atoms with E-state index >= 15 is 0 Å². The van der Waals surface area contributed by atoms with E-state index in [1.54, 1.807) is 0 Å². The second kappa shape index (κ2) is 8.99. The van der Waals surface area contributed by atoms with E-state index in [0.29, 0.717) is 25.0 Å². The number of rotatable bonds is 4. The molecule has 0 aromatic heterocycles. The highest BCUT2D eigenvalue weighted by Crippen LogP contribution is 2.30. The van der Waals surface area contributed by atoms with Crippen LogP contribution in [0.15, 0.2) is 54.3 Å². The summed E-state index contributed by atoms with van der Waals surface area (Å²) in [6.45, 7) is 9.65. The molecule has 170 valence electrons. The highest BCUT2D eigenvalue weighted by molar-refractivity contribution is 6.07. The number of hydrogen-bond acceptors (Lipinski definition) is 4. The average molecular weight is 434 g/mol. The van der Waals surface area contributed by atoms with Gasteiger partial charge < -0.3 is 19.4 Å². The van der Waals surface area contributed by atoms with Crippen molar-refractivity contribution in [3.8, 4) is 0 Å². The van der Waals surface area contributed by atoms with Crippen molar-refractivity contribution < 1.29 is 9.53 Å². The molecular weight excluding hydrogens is 398 g/mol. The molecule has 2 aromatic rings. The Balaban J connectivity index is 1.57. The second-order valence-corrected chi connectivity index (χ2v) is 10.0. The molecule has 2 fully saturated rings. The Bertz CT molecular complexity index is 989. The number of likely N-dealkylation sites (N-methyl/N-ethyl adjacent to an activating group) is 1. The molecule has 32 heavy (non-hydrogen) atoms. The number of anilines is 2. The van der Waals surface area contributed by atoms with Crippen LogP contribution in [-0.4, -0.2) is 57.2 Å². The van der Waals surface area contributed by atoms with Crippen LogP contribution in [-0.2, 0) is 14.9 Å². The minimum absolute atomic E-state index is 0.0813. The van der Waals surface area contributed by atoms with Crippen LogP contribution in [0.5, 0.6) is 0 Å². The van der Waals surface area contributed by atoms with E-state index in [0.717, 1.165) is 36.4 Å². The molecule has 0 saturated carbocycles. The van der Waals surface area contributed by atoms with Crippen molar-refractivity contribution in [2.24, 2.45) is 0 Å². The first-order chi connectivity index (χ1) is 15.2. The maximum absolute atomic E-state index is 13.3. The molecular formula is C27H35N3O2. The Hall–Kier alpha value is -2.79. The fourth-order valence-corrected chi connectivity index (χ4v) is 4.46. The minimum atomic E-state index is -0.0813. The molecule has 5 nitrogen and oxygen atoms in total. The van der Waals surface area contributed by atoms with E-state index in [4.69, 9.17) is 4.74 Å². The van der Waals surface area contributed by atoms with Gasteiger partial charge in [0.05, 0.1) is 6.54 Å². The van der Waals surface area contributed by atoms with Gasteiger partial charge in [-0.2, -0.15) is 0 Å². The summed E-state index contributed by atoms with van der Waals surface area (Å²) in [5.41, 5.74) is 4.45. The smallest absolute Gasteiger partial charge is 0.293 e. The quantitative estimate of drug-likeness (QED) is 0.664. The van der Waals surface area contributed by atoms with Gasteiger partial charge in [-0.1, -0.05) is 51.1 Å². The number of amides is 1. The minimum Gasteiger partial charge on any atom is -0.486 e. The lowest BCUT2D eigenvalue weighted by Crippen LogP contribution is -2.40. The summed E-state index contributed by atoms with van der Waals surface area (Å²) in [6.07, 6.45) is 3.06. The molecule has 0 aliphatic carbocycles. The number of benzene rings is 2. The summed E-state index contributed by atoms with van der Waals surface area (Å²) in [7, 11) is 4.28. The van der Waals surface area contributed by atoms with E-state index in [-0.39, 0.29) is 11.3 Å². The Labute approximate surface area is 192 Å². The van der Waals surface area contributed by atoms with Gasteiger partial charge in [0.15, 0.2) is 5.76 Å². The van der Waals surface area contributed by atoms with E-state index in [2.05, 4.69) is 75.0 Å². The van der Waals surface area contributed by atoms with Crippen molar-refractivity contribution >= 4 is 23.4 Å². The summed E-state index contributed by atoms with van der Waals surface area (Å²) < 4.78 is 5.84. The van der Waals surface area contributed by atoms with Crippen molar-refractivity contribution in [1.29, 1.82) is 0 Å². The summed E-state index contributed by atoms with van der Waals surface area (Å²) in [6, 6.07) is 17.2. The number of nitrogens with zero attached hydrogens (tertiary/aromatic N) is 3. The molecule has 1 unspecified atom stereocenters. The third kappa shape index (κ3) is 4.68. The number of carbonyl (C=O) groups is 1. The zero-order chi connectivity index (χ0) is 22.9. The van der Waals surface area contributed by atoms with Crippen LogP contribution in [0.1, 0.15) is 38.3 Å². The van der Waals surface area contributed by atoms with Gasteiger partial charge in [0.25, 0.3) is 5.91 Å². The molecule has 5 heteroatoms. The van der Waals surface area contributed by atoms with Crippen molar-refractivity contribution in [2.75, 3.05) is 50.1 Å². The summed E-state index contributed by atoms with van der Waals surface area (Å²) in [5.74, 6) is 0.328. The van der Waals surface area contributed by atoms with Crippen LogP contribution < -0.4 is 9.80 Å². The summed E-state index contributed by atoms with van der Waals surface area (Å²) >= 11 is 0. The van der Waals surface area contributed by atoms with Gasteiger partial charge in [-0.15, -0.1) is 0 Å². The van der Waals surface area contributed by atoms with Crippen molar-refractivity contribution in [3.63, 3.8) is 0 Å². The largest absolute Gasteiger partial charge is 0.486 e. The topological polar surface area (TPSA) is 36.0 Å². The molecule has 2 aromatic carbocycles. The first kappa shape index (κ1) is 22.4. The number of para-hydroxylation sites is 1. The molecule has 0 bridgehead atoms. The van der Waals surface area contributed by atoms with Crippen molar-refractivity contribution in [2.45, 2.75) is 38.6 Å². The average Bonchev–Trinajstić information content (AvgIpc) is 3.26. The Kier molecular flexibility index (Phi) is 6.29. The summed E-state index contributed by atoms with van der Waals surface area (Å²) in [4.78, 5) is 19.8. The van der Waals surface area contributed by atoms with Gasteiger partial charge in [0, 0.05) is 36.1 Å². The van der Waals surface area contributed by atoms with Gasteiger partial charge >= 0.3 is 0 Å². The SMILES string of the molecule is CN(C)C1CCN(c2ccccc2/C=C2\OCCN(c3ccc(C(C)(C)C)cc3)C2=O)C1. The van der Waals surface area contributed by atoms with Crippen LogP contribution in [0, 0.1) is 0 Å². The predicted molar refractivity (Wildman–Crippen MR) is 132 cm³/mol. The van der Waals surface area contributed by atoms with Crippen LogP contribution in [0.25, 0.3) is 6.08 Å². The molecule has 2 heterocycles. The molecule has 0 spiro atoms. The van der Waals surface area contributed by atoms with Crippen LogP contribution >= 0.6 is 0 Å². The molecule has 1 amide bonds. The first-order valence-corrected chi connectivity index (χ1v) is 11.5. The van der Waals surface area contributed by atoms with Gasteiger partial charge in [0.1, 0.15) is 6.61 Å². The third-order valence-corrected chi connectivity index (χ3v) is 6.53. The van der Waals surface area contributed by atoms with Crippen molar-refractivity contribution in [3.05, 3.63) is 65.4 Å². The molecule has 0 N–H and O–H groups in total. The summed E-state index contributed by atoms with van der Waals surface area (Å²) in [5, 5.41) is 0. The Morgan fingerprint density at radius 1 is 1.03 bits per heavy atom. The second-order valence-electron chi connectivity index (χ2n) is 10.0. The fraction of sp³-hybridized carbons (Fsp3) is 0.444. The number of hydrogen-bond donors (Lipinski definition) is 0. The van der Waals surface area contributed by atoms with Crippen LogP contribution in [0.3, 0.4) is 0 Å². The Morgan fingerprint density at radius 2 is 1.75 bits per heavy atom. The maximum Gasteiger partial charge on any atom is 0.293 e. The predicted octanol–water partition coefficient (Wildman–Crippen LogP) is 4.53. The first-order valence-electron chi connectivity index (χ1n) is 11.5. The van der Waals surface area contributed by atoms with E-state index in [1.165, 1.54) is 5.56 Å². The highest BCUT2D eigenvalue weighted by Gasteiger charge is 2.28. The van der Waals surface area contributed by atoms with E-state index < -0.39 is 0 Å². The zero-order valence-electron chi connectivity index (χ0n) is 20.0. The van der Waals surface area contributed by atoms with Crippen LogP contribution in [0.4, 0.5) is 11.4 Å². The molecule has 2 aliphatic rings. The Morgan fingerprint density at radius 3 is 2.41 bits per heavy atom. The van der Waals surface area contributed by atoms with Gasteiger partial charge in [0.2, 0.25) is 0 Å². The number of morpholine rings is 1. The van der Waals surface area contributed by atoms with Crippen molar-refractivity contribution in [1.82, 2.24) is 4.90 Å². The van der Waals surface area contributed by atoms with Gasteiger partial charge in [-0.25, -0.2) is 0 Å². The fourth-order valence-electron chi connectivity index (χ4n) is 4.46. The maximum atomic E-state index is 13.3.